The third kappa shape index (κ3) is 11.7. The third-order valence-electron chi connectivity index (χ3n) is 4.78. The van der Waals surface area contributed by atoms with Gasteiger partial charge in [0.2, 0.25) is 0 Å². The first-order valence-corrected chi connectivity index (χ1v) is 13.3. The zero-order chi connectivity index (χ0) is 18.1. The second-order valence-electron chi connectivity index (χ2n) is 7.14. The van der Waals surface area contributed by atoms with E-state index in [0.717, 1.165) is 0 Å². The summed E-state index contributed by atoms with van der Waals surface area (Å²) in [4.78, 5) is 0. The fourth-order valence-corrected chi connectivity index (χ4v) is 8.45. The summed E-state index contributed by atoms with van der Waals surface area (Å²) < 4.78 is 1.98. The zero-order valence-corrected chi connectivity index (χ0v) is 19.7. The number of allylic oxidation sites excluding steroid dienone is 3. The second kappa shape index (κ2) is 16.7. The molecule has 0 aromatic rings. The van der Waals surface area contributed by atoms with Crippen molar-refractivity contribution in [1.82, 2.24) is 0 Å². The van der Waals surface area contributed by atoms with Crippen molar-refractivity contribution in [3.63, 3.8) is 0 Å². The SMILES string of the molecule is CCCC/C=C/C=[C](/CO)[Sn][C](CCCC)(CCCC)CCCC. The maximum atomic E-state index is 9.91. The van der Waals surface area contributed by atoms with E-state index in [1.807, 2.05) is 0 Å². The summed E-state index contributed by atoms with van der Waals surface area (Å²) in [5, 5.41) is 9.91. The van der Waals surface area contributed by atoms with Crippen molar-refractivity contribution in [3.05, 3.63) is 21.8 Å². The number of unbranched alkanes of at least 4 members (excludes halogenated alkanes) is 5. The predicted molar refractivity (Wildman–Crippen MR) is 111 cm³/mol. The Morgan fingerprint density at radius 3 is 1.75 bits per heavy atom. The van der Waals surface area contributed by atoms with Gasteiger partial charge in [0.25, 0.3) is 0 Å². The molecule has 0 unspecified atom stereocenters. The number of hydrogen-bond acceptors (Lipinski definition) is 1. The molecule has 0 bridgehead atoms. The van der Waals surface area contributed by atoms with Crippen molar-refractivity contribution in [2.45, 2.75) is 108 Å². The van der Waals surface area contributed by atoms with Crippen LogP contribution in [0.4, 0.5) is 0 Å². The first kappa shape index (κ1) is 24.2. The van der Waals surface area contributed by atoms with Crippen molar-refractivity contribution in [1.29, 1.82) is 0 Å². The van der Waals surface area contributed by atoms with E-state index in [1.165, 1.54) is 80.6 Å². The molecule has 0 aliphatic carbocycles. The Morgan fingerprint density at radius 2 is 1.33 bits per heavy atom. The molecule has 1 nitrogen and oxygen atoms in total. The van der Waals surface area contributed by atoms with Crippen LogP contribution in [0.1, 0.15) is 105 Å². The molecule has 0 rings (SSSR count). The van der Waals surface area contributed by atoms with Crippen molar-refractivity contribution in [2.24, 2.45) is 0 Å². The predicted octanol–water partition coefficient (Wildman–Crippen LogP) is 7.04. The summed E-state index contributed by atoms with van der Waals surface area (Å²) in [6.07, 6.45) is 22.6. The molecule has 0 aromatic heterocycles. The summed E-state index contributed by atoms with van der Waals surface area (Å²) >= 11 is -0.743. The topological polar surface area (TPSA) is 20.2 Å². The Balaban J connectivity index is 5.03. The molecule has 0 aliphatic rings. The van der Waals surface area contributed by atoms with Gasteiger partial charge in [0, 0.05) is 0 Å². The van der Waals surface area contributed by atoms with Gasteiger partial charge in [0.1, 0.15) is 0 Å². The van der Waals surface area contributed by atoms with E-state index in [4.69, 9.17) is 0 Å². The average molecular weight is 441 g/mol. The molecule has 2 radical (unpaired) electrons. The van der Waals surface area contributed by atoms with Crippen molar-refractivity contribution in [2.75, 3.05) is 6.61 Å². The average Bonchev–Trinajstić information content (AvgIpc) is 2.61. The molecule has 0 saturated heterocycles. The minimum absolute atomic E-state index is 0.288. The van der Waals surface area contributed by atoms with Crippen molar-refractivity contribution < 1.29 is 5.11 Å². The van der Waals surface area contributed by atoms with Crippen LogP contribution in [0.3, 0.4) is 0 Å². The van der Waals surface area contributed by atoms with E-state index in [1.54, 1.807) is 0 Å². The molecule has 0 amide bonds. The van der Waals surface area contributed by atoms with Gasteiger partial charge in [0.15, 0.2) is 0 Å². The summed E-state index contributed by atoms with van der Waals surface area (Å²) in [6, 6.07) is 0. The first-order valence-electron chi connectivity index (χ1n) is 10.4. The molecular weight excluding hydrogens is 399 g/mol. The molecule has 0 heterocycles. The fraction of sp³-hybridized carbons (Fsp3) is 0.818. The van der Waals surface area contributed by atoms with Gasteiger partial charge < -0.3 is 0 Å². The van der Waals surface area contributed by atoms with Crippen LogP contribution in [0.15, 0.2) is 21.8 Å². The van der Waals surface area contributed by atoms with Crippen LogP contribution in [0.5, 0.6) is 0 Å². The number of hydrogen-bond donors (Lipinski definition) is 1. The molecular formula is C22H42OSn. The van der Waals surface area contributed by atoms with Crippen LogP contribution < -0.4 is 0 Å². The van der Waals surface area contributed by atoms with Crippen LogP contribution >= 0.6 is 0 Å². The van der Waals surface area contributed by atoms with Gasteiger partial charge in [-0.3, -0.25) is 0 Å². The summed E-state index contributed by atoms with van der Waals surface area (Å²) in [6.45, 7) is 9.47. The Hall–Kier alpha value is 0.239. The molecule has 2 heteroatoms. The molecule has 0 aliphatic heterocycles. The molecule has 0 spiro atoms. The van der Waals surface area contributed by atoms with E-state index >= 15 is 0 Å². The number of rotatable bonds is 16. The summed E-state index contributed by atoms with van der Waals surface area (Å²) in [5.74, 6) is 0. The molecule has 0 atom stereocenters. The molecule has 0 saturated carbocycles. The Kier molecular flexibility index (Phi) is 16.9. The fourth-order valence-electron chi connectivity index (χ4n) is 3.18. The van der Waals surface area contributed by atoms with E-state index in [9.17, 15) is 5.11 Å². The maximum absolute atomic E-state index is 9.91. The van der Waals surface area contributed by atoms with E-state index in [2.05, 4.69) is 45.9 Å². The summed E-state index contributed by atoms with van der Waals surface area (Å²) in [5.41, 5.74) is 0. The van der Waals surface area contributed by atoms with Crippen LogP contribution in [-0.2, 0) is 0 Å². The van der Waals surface area contributed by atoms with Gasteiger partial charge in [-0.1, -0.05) is 0 Å². The molecule has 0 fully saturated rings. The number of aliphatic hydroxyl groups excluding tert-OH is 1. The first-order chi connectivity index (χ1) is 11.7. The molecule has 1 N–H and O–H groups in total. The molecule has 0 aromatic carbocycles. The van der Waals surface area contributed by atoms with Crippen molar-refractivity contribution in [3.8, 4) is 0 Å². The monoisotopic (exact) mass is 442 g/mol. The normalized spacial score (nSPS) is 13.1. The van der Waals surface area contributed by atoms with Gasteiger partial charge in [-0.2, -0.15) is 0 Å². The minimum atomic E-state index is -0.743. The van der Waals surface area contributed by atoms with Gasteiger partial charge in [-0.05, 0) is 0 Å². The van der Waals surface area contributed by atoms with Crippen LogP contribution in [0.2, 0.25) is 3.43 Å². The van der Waals surface area contributed by atoms with Crippen LogP contribution in [0, 0.1) is 0 Å². The van der Waals surface area contributed by atoms with Crippen LogP contribution in [0.25, 0.3) is 0 Å². The third-order valence-corrected chi connectivity index (χ3v) is 10.3. The molecule has 140 valence electrons. The quantitative estimate of drug-likeness (QED) is 0.155. The van der Waals surface area contributed by atoms with E-state index < -0.39 is 21.1 Å². The van der Waals surface area contributed by atoms with Gasteiger partial charge >= 0.3 is 163 Å². The Bertz CT molecular complexity index is 311. The van der Waals surface area contributed by atoms with Crippen molar-refractivity contribution >= 4 is 21.1 Å². The Morgan fingerprint density at radius 1 is 0.833 bits per heavy atom. The standard InChI is InChI=1S/C13H27.C9H15O.Sn/c1-4-7-10-13(11-8-5-2)12-9-6-3;1-2-3-4-5-6-7-8-9-10;/h4-12H2,1-3H3;5-7,10H,2-4,9H2,1H3;/b;6-5+,8-7?;. The van der Waals surface area contributed by atoms with Gasteiger partial charge in [0.05, 0.1) is 0 Å². The van der Waals surface area contributed by atoms with E-state index in [0.29, 0.717) is 3.43 Å². The van der Waals surface area contributed by atoms with E-state index in [-0.39, 0.29) is 6.61 Å². The number of aliphatic hydroxyl groups is 1. The summed E-state index contributed by atoms with van der Waals surface area (Å²) in [7, 11) is 0. The Labute approximate surface area is 162 Å². The second-order valence-corrected chi connectivity index (χ2v) is 12.7. The zero-order valence-electron chi connectivity index (χ0n) is 16.9. The van der Waals surface area contributed by atoms with Gasteiger partial charge in [-0.25, -0.2) is 0 Å². The van der Waals surface area contributed by atoms with Crippen LogP contribution in [-0.4, -0.2) is 32.9 Å². The molecule has 24 heavy (non-hydrogen) atoms. The van der Waals surface area contributed by atoms with Gasteiger partial charge in [-0.15, -0.1) is 0 Å².